The first-order valence-electron chi connectivity index (χ1n) is 10.5. The van der Waals surface area contributed by atoms with Crippen LogP contribution in [0.1, 0.15) is 23.4 Å². The minimum Gasteiger partial charge on any atom is -0.497 e. The number of ether oxygens (including phenoxy) is 2. The van der Waals surface area contributed by atoms with Gasteiger partial charge in [0.2, 0.25) is 5.91 Å². The monoisotopic (exact) mass is 434 g/mol. The van der Waals surface area contributed by atoms with Crippen molar-refractivity contribution < 1.29 is 23.5 Å². The van der Waals surface area contributed by atoms with Crippen LogP contribution in [0.2, 0.25) is 0 Å². The molecule has 1 aliphatic heterocycles. The van der Waals surface area contributed by atoms with Gasteiger partial charge in [0.15, 0.2) is 5.76 Å². The zero-order chi connectivity index (χ0) is 22.5. The van der Waals surface area contributed by atoms with Crippen LogP contribution in [0.15, 0.2) is 65.3 Å². The number of hydrogen-bond donors (Lipinski definition) is 1. The average molecular weight is 434 g/mol. The predicted molar refractivity (Wildman–Crippen MR) is 121 cm³/mol. The molecule has 1 N–H and O–H groups in total. The second kappa shape index (κ2) is 9.60. The van der Waals surface area contributed by atoms with Gasteiger partial charge in [-0.1, -0.05) is 12.1 Å². The third-order valence-electron chi connectivity index (χ3n) is 5.68. The molecule has 0 saturated carbocycles. The highest BCUT2D eigenvalue weighted by Gasteiger charge is 2.30. The maximum atomic E-state index is 13.0. The van der Waals surface area contributed by atoms with E-state index in [2.05, 4.69) is 5.32 Å². The maximum Gasteiger partial charge on any atom is 0.289 e. The van der Waals surface area contributed by atoms with Crippen molar-refractivity contribution in [3.63, 3.8) is 0 Å². The number of nitrogens with zero attached hydrogens (tertiary/aromatic N) is 1. The van der Waals surface area contributed by atoms with Crippen LogP contribution in [0.4, 0.5) is 5.69 Å². The molecule has 0 radical (unpaired) electrons. The topological polar surface area (TPSA) is 81.0 Å². The summed E-state index contributed by atoms with van der Waals surface area (Å²) in [4.78, 5) is 27.3. The van der Waals surface area contributed by atoms with Gasteiger partial charge >= 0.3 is 0 Å². The Morgan fingerprint density at radius 1 is 1.06 bits per heavy atom. The molecule has 0 bridgehead atoms. The number of amides is 2. The Morgan fingerprint density at radius 2 is 1.88 bits per heavy atom. The van der Waals surface area contributed by atoms with Crippen LogP contribution < -0.4 is 14.8 Å². The lowest BCUT2D eigenvalue weighted by atomic mass is 9.96. The zero-order valence-corrected chi connectivity index (χ0v) is 18.2. The lowest BCUT2D eigenvalue weighted by Crippen LogP contribution is -2.43. The smallest absolute Gasteiger partial charge is 0.289 e. The fourth-order valence-corrected chi connectivity index (χ4v) is 3.96. The van der Waals surface area contributed by atoms with Gasteiger partial charge in [0, 0.05) is 24.3 Å². The molecular formula is C25H26N2O5. The van der Waals surface area contributed by atoms with E-state index in [4.69, 9.17) is 13.9 Å². The first kappa shape index (κ1) is 21.5. The van der Waals surface area contributed by atoms with Gasteiger partial charge in [-0.25, -0.2) is 0 Å². The molecule has 1 atom stereocenters. The van der Waals surface area contributed by atoms with Gasteiger partial charge in [-0.15, -0.1) is 0 Å². The summed E-state index contributed by atoms with van der Waals surface area (Å²) in [6, 6.07) is 16.5. The molecule has 4 rings (SSSR count). The number of rotatable bonds is 6. The number of nitrogens with one attached hydrogen (secondary N) is 1. The van der Waals surface area contributed by atoms with E-state index in [0.29, 0.717) is 30.3 Å². The molecule has 0 spiro atoms. The first-order chi connectivity index (χ1) is 15.6. The molecule has 1 fully saturated rings. The maximum absolute atomic E-state index is 13.0. The number of carbonyl (C=O) groups is 2. The quantitative estimate of drug-likeness (QED) is 0.620. The van der Waals surface area contributed by atoms with Gasteiger partial charge in [0.05, 0.1) is 26.4 Å². The Morgan fingerprint density at radius 3 is 2.56 bits per heavy atom. The Balaban J connectivity index is 1.48. The Hall–Kier alpha value is -3.74. The van der Waals surface area contributed by atoms with E-state index in [0.717, 1.165) is 29.7 Å². The molecule has 2 heterocycles. The van der Waals surface area contributed by atoms with Crippen molar-refractivity contribution >= 4 is 17.5 Å². The summed E-state index contributed by atoms with van der Waals surface area (Å²) >= 11 is 0. The van der Waals surface area contributed by atoms with Gasteiger partial charge in [-0.05, 0) is 60.9 Å². The summed E-state index contributed by atoms with van der Waals surface area (Å²) in [6.45, 7) is 0.986. The normalized spacial score (nSPS) is 15.8. The molecule has 3 aromatic rings. The number of piperidine rings is 1. The van der Waals surface area contributed by atoms with E-state index in [9.17, 15) is 9.59 Å². The van der Waals surface area contributed by atoms with Crippen LogP contribution in [0.25, 0.3) is 11.1 Å². The first-order valence-corrected chi connectivity index (χ1v) is 10.5. The average Bonchev–Trinajstić information content (AvgIpc) is 3.39. The molecule has 2 amide bonds. The summed E-state index contributed by atoms with van der Waals surface area (Å²) < 4.78 is 16.0. The van der Waals surface area contributed by atoms with Crippen LogP contribution in [-0.2, 0) is 4.79 Å². The number of hydrogen-bond acceptors (Lipinski definition) is 5. The second-order valence-corrected chi connectivity index (χ2v) is 7.70. The highest BCUT2D eigenvalue weighted by molar-refractivity contribution is 5.95. The van der Waals surface area contributed by atoms with E-state index in [1.54, 1.807) is 31.3 Å². The van der Waals surface area contributed by atoms with E-state index >= 15 is 0 Å². The lowest BCUT2D eigenvalue weighted by molar-refractivity contribution is -0.121. The molecule has 7 nitrogen and oxygen atoms in total. The Bertz CT molecular complexity index is 1080. The van der Waals surface area contributed by atoms with Crippen molar-refractivity contribution in [2.45, 2.75) is 12.8 Å². The second-order valence-electron chi connectivity index (χ2n) is 7.70. The highest BCUT2D eigenvalue weighted by atomic mass is 16.5. The van der Waals surface area contributed by atoms with Gasteiger partial charge in [0.1, 0.15) is 11.5 Å². The number of benzene rings is 2. The van der Waals surface area contributed by atoms with Crippen molar-refractivity contribution in [1.82, 2.24) is 4.90 Å². The number of likely N-dealkylation sites (tertiary alicyclic amines) is 1. The standard InChI is InChI=1S/C25H26N2O5/c1-30-20-10-7-17(8-11-20)21-15-19(9-12-22(21)31-2)26-24(28)18-5-3-13-27(16-18)25(29)23-6-4-14-32-23/h4,6-12,14-15,18H,3,5,13,16H2,1-2H3,(H,26,28). The third kappa shape index (κ3) is 4.61. The van der Waals surface area contributed by atoms with Gasteiger partial charge < -0.3 is 24.1 Å². The molecule has 1 aromatic heterocycles. The molecule has 2 aromatic carbocycles. The summed E-state index contributed by atoms with van der Waals surface area (Å²) in [6.07, 6.45) is 2.98. The molecule has 1 aliphatic rings. The summed E-state index contributed by atoms with van der Waals surface area (Å²) in [5.41, 5.74) is 2.49. The van der Waals surface area contributed by atoms with Gasteiger partial charge in [-0.2, -0.15) is 0 Å². The van der Waals surface area contributed by atoms with Crippen molar-refractivity contribution in [2.75, 3.05) is 32.6 Å². The fraction of sp³-hybridized carbons (Fsp3) is 0.280. The Kier molecular flexibility index (Phi) is 6.44. The summed E-state index contributed by atoms with van der Waals surface area (Å²) in [5, 5.41) is 3.01. The lowest BCUT2D eigenvalue weighted by Gasteiger charge is -2.31. The van der Waals surface area contributed by atoms with E-state index < -0.39 is 0 Å². The van der Waals surface area contributed by atoms with Crippen LogP contribution in [-0.4, -0.2) is 44.0 Å². The van der Waals surface area contributed by atoms with E-state index in [1.807, 2.05) is 42.5 Å². The van der Waals surface area contributed by atoms with Crippen molar-refractivity contribution in [2.24, 2.45) is 5.92 Å². The molecule has 1 unspecified atom stereocenters. The summed E-state index contributed by atoms with van der Waals surface area (Å²) in [5.74, 6) is 1.20. The zero-order valence-electron chi connectivity index (χ0n) is 18.2. The minimum atomic E-state index is -0.283. The number of furan rings is 1. The van der Waals surface area contributed by atoms with Gasteiger partial charge in [0.25, 0.3) is 5.91 Å². The van der Waals surface area contributed by atoms with Crippen LogP contribution >= 0.6 is 0 Å². The van der Waals surface area contributed by atoms with Crippen LogP contribution in [0.3, 0.4) is 0 Å². The largest absolute Gasteiger partial charge is 0.497 e. The van der Waals surface area contributed by atoms with Crippen molar-refractivity contribution in [1.29, 1.82) is 0 Å². The molecule has 0 aliphatic carbocycles. The molecule has 32 heavy (non-hydrogen) atoms. The van der Waals surface area contributed by atoms with Crippen LogP contribution in [0, 0.1) is 5.92 Å². The minimum absolute atomic E-state index is 0.104. The number of carbonyl (C=O) groups excluding carboxylic acids is 2. The SMILES string of the molecule is COc1ccc(-c2cc(NC(=O)C3CCCN(C(=O)c4ccco4)C3)ccc2OC)cc1. The molecular weight excluding hydrogens is 408 g/mol. The molecule has 7 heteroatoms. The molecule has 166 valence electrons. The number of methoxy groups -OCH3 is 2. The highest BCUT2D eigenvalue weighted by Crippen LogP contribution is 2.34. The third-order valence-corrected chi connectivity index (χ3v) is 5.68. The Labute approximate surface area is 186 Å². The fourth-order valence-electron chi connectivity index (χ4n) is 3.96. The van der Waals surface area contributed by atoms with Crippen LogP contribution in [0.5, 0.6) is 11.5 Å². The van der Waals surface area contributed by atoms with Crippen molar-refractivity contribution in [3.8, 4) is 22.6 Å². The van der Waals surface area contributed by atoms with E-state index in [1.165, 1.54) is 6.26 Å². The summed E-state index contributed by atoms with van der Waals surface area (Å²) in [7, 11) is 3.24. The predicted octanol–water partition coefficient (Wildman–Crippen LogP) is 4.45. The van der Waals surface area contributed by atoms with E-state index in [-0.39, 0.29) is 17.7 Å². The molecule has 1 saturated heterocycles. The van der Waals surface area contributed by atoms with Crippen molar-refractivity contribution in [3.05, 3.63) is 66.6 Å². The number of anilines is 1. The van der Waals surface area contributed by atoms with Gasteiger partial charge in [-0.3, -0.25) is 9.59 Å².